The Morgan fingerprint density at radius 3 is 3.00 bits per heavy atom. The van der Waals surface area contributed by atoms with E-state index >= 15 is 0 Å². The molecular weight excluding hydrogens is 200 g/mol. The standard InChI is InChI=1S/C9H14N4.ClH/c10-9-12-5-3-8(13-9)7-2-1-4-11-6-7;/h3,5,7,11H,1-2,4,6H2,(H2,10,12,13);1H/t7-;/m0./s1. The van der Waals surface area contributed by atoms with E-state index in [-0.39, 0.29) is 12.4 Å². The van der Waals surface area contributed by atoms with E-state index in [2.05, 4.69) is 15.3 Å². The van der Waals surface area contributed by atoms with Gasteiger partial charge in [-0.15, -0.1) is 12.4 Å². The first kappa shape index (κ1) is 11.2. The van der Waals surface area contributed by atoms with E-state index in [4.69, 9.17) is 5.73 Å². The number of aromatic nitrogens is 2. The van der Waals surface area contributed by atoms with Crippen LogP contribution in [0.1, 0.15) is 24.5 Å². The molecule has 1 fully saturated rings. The molecule has 0 amide bonds. The summed E-state index contributed by atoms with van der Waals surface area (Å²) in [6, 6.07) is 1.95. The highest BCUT2D eigenvalue weighted by Gasteiger charge is 2.16. The molecule has 1 aliphatic rings. The van der Waals surface area contributed by atoms with E-state index in [9.17, 15) is 0 Å². The smallest absolute Gasteiger partial charge is 0.220 e. The predicted molar refractivity (Wildman–Crippen MR) is 58.5 cm³/mol. The molecule has 1 aromatic rings. The molecule has 1 saturated heterocycles. The third-order valence-corrected chi connectivity index (χ3v) is 2.41. The largest absolute Gasteiger partial charge is 0.368 e. The Kier molecular flexibility index (Phi) is 4.10. The van der Waals surface area contributed by atoms with E-state index in [0.717, 1.165) is 18.8 Å². The van der Waals surface area contributed by atoms with Gasteiger partial charge in [-0.1, -0.05) is 0 Å². The first-order valence-corrected chi connectivity index (χ1v) is 4.65. The van der Waals surface area contributed by atoms with Gasteiger partial charge in [0.1, 0.15) is 0 Å². The number of nitrogens with one attached hydrogen (secondary N) is 1. The van der Waals surface area contributed by atoms with Crippen LogP contribution in [-0.2, 0) is 0 Å². The van der Waals surface area contributed by atoms with Crippen molar-refractivity contribution in [3.05, 3.63) is 18.0 Å². The monoisotopic (exact) mass is 214 g/mol. The van der Waals surface area contributed by atoms with Crippen LogP contribution in [0.15, 0.2) is 12.3 Å². The number of anilines is 1. The SMILES string of the molecule is Cl.Nc1nccc([C@H]2CCCNC2)n1. The third kappa shape index (κ3) is 2.56. The maximum Gasteiger partial charge on any atom is 0.220 e. The van der Waals surface area contributed by atoms with Gasteiger partial charge in [0.25, 0.3) is 0 Å². The molecule has 1 atom stereocenters. The molecule has 0 spiro atoms. The van der Waals surface area contributed by atoms with Gasteiger partial charge < -0.3 is 11.1 Å². The average molecular weight is 215 g/mol. The normalized spacial score (nSPS) is 21.3. The zero-order chi connectivity index (χ0) is 9.10. The third-order valence-electron chi connectivity index (χ3n) is 2.41. The van der Waals surface area contributed by atoms with Gasteiger partial charge >= 0.3 is 0 Å². The maximum absolute atomic E-state index is 5.52. The highest BCUT2D eigenvalue weighted by atomic mass is 35.5. The predicted octanol–water partition coefficient (Wildman–Crippen LogP) is 0.948. The number of nitrogens with zero attached hydrogens (tertiary/aromatic N) is 2. The van der Waals surface area contributed by atoms with Gasteiger partial charge in [0.2, 0.25) is 5.95 Å². The van der Waals surface area contributed by atoms with Crippen LogP contribution < -0.4 is 11.1 Å². The summed E-state index contributed by atoms with van der Waals surface area (Å²) in [4.78, 5) is 8.10. The number of nitrogen functional groups attached to an aromatic ring is 1. The Morgan fingerprint density at radius 2 is 2.36 bits per heavy atom. The minimum absolute atomic E-state index is 0. The Balaban J connectivity index is 0.000000980. The lowest BCUT2D eigenvalue weighted by molar-refractivity contribution is 0.454. The topological polar surface area (TPSA) is 63.8 Å². The highest BCUT2D eigenvalue weighted by Crippen LogP contribution is 2.20. The summed E-state index contributed by atoms with van der Waals surface area (Å²) in [6.45, 7) is 2.13. The lowest BCUT2D eigenvalue weighted by Gasteiger charge is -2.21. The maximum atomic E-state index is 5.52. The van der Waals surface area contributed by atoms with Gasteiger partial charge in [0.05, 0.1) is 5.69 Å². The minimum atomic E-state index is 0. The molecule has 1 aliphatic heterocycles. The molecule has 4 nitrogen and oxygen atoms in total. The molecule has 0 unspecified atom stereocenters. The second-order valence-corrected chi connectivity index (χ2v) is 3.38. The van der Waals surface area contributed by atoms with Crippen molar-refractivity contribution in [2.45, 2.75) is 18.8 Å². The van der Waals surface area contributed by atoms with Crippen molar-refractivity contribution in [3.8, 4) is 0 Å². The zero-order valence-corrected chi connectivity index (χ0v) is 8.76. The van der Waals surface area contributed by atoms with Crippen molar-refractivity contribution in [2.24, 2.45) is 0 Å². The van der Waals surface area contributed by atoms with Crippen molar-refractivity contribution < 1.29 is 0 Å². The van der Waals surface area contributed by atoms with Crippen LogP contribution in [0.5, 0.6) is 0 Å². The summed E-state index contributed by atoms with van der Waals surface area (Å²) < 4.78 is 0. The quantitative estimate of drug-likeness (QED) is 0.731. The summed E-state index contributed by atoms with van der Waals surface area (Å²) in [5.74, 6) is 0.891. The number of hydrogen-bond donors (Lipinski definition) is 2. The molecule has 14 heavy (non-hydrogen) atoms. The number of halogens is 1. The summed E-state index contributed by atoms with van der Waals surface area (Å²) in [7, 11) is 0. The number of piperidine rings is 1. The van der Waals surface area contributed by atoms with Crippen LogP contribution in [0.25, 0.3) is 0 Å². The van der Waals surface area contributed by atoms with Gasteiger partial charge in [0.15, 0.2) is 0 Å². The Labute approximate surface area is 89.7 Å². The van der Waals surface area contributed by atoms with Crippen LogP contribution in [0.3, 0.4) is 0 Å². The lowest BCUT2D eigenvalue weighted by Crippen LogP contribution is -2.28. The Morgan fingerprint density at radius 1 is 1.50 bits per heavy atom. The van der Waals surface area contributed by atoms with E-state index in [0.29, 0.717) is 11.9 Å². The summed E-state index contributed by atoms with van der Waals surface area (Å²) in [6.07, 6.45) is 4.14. The van der Waals surface area contributed by atoms with Gasteiger partial charge in [-0.3, -0.25) is 0 Å². The molecule has 1 aromatic heterocycles. The summed E-state index contributed by atoms with van der Waals surface area (Å²) in [5.41, 5.74) is 6.59. The van der Waals surface area contributed by atoms with Gasteiger partial charge in [0, 0.05) is 18.7 Å². The summed E-state index contributed by atoms with van der Waals surface area (Å²) >= 11 is 0. The molecular formula is C9H15ClN4. The second kappa shape index (κ2) is 5.12. The van der Waals surface area contributed by atoms with Gasteiger partial charge in [-0.2, -0.15) is 0 Å². The number of nitrogens with two attached hydrogens (primary N) is 1. The fraction of sp³-hybridized carbons (Fsp3) is 0.556. The minimum Gasteiger partial charge on any atom is -0.368 e. The van der Waals surface area contributed by atoms with E-state index in [1.807, 2.05) is 6.07 Å². The average Bonchev–Trinajstić information content (AvgIpc) is 2.19. The fourth-order valence-corrected chi connectivity index (χ4v) is 1.72. The molecule has 0 aliphatic carbocycles. The summed E-state index contributed by atoms with van der Waals surface area (Å²) in [5, 5.41) is 3.35. The van der Waals surface area contributed by atoms with Crippen molar-refractivity contribution in [3.63, 3.8) is 0 Å². The van der Waals surface area contributed by atoms with Crippen LogP contribution >= 0.6 is 12.4 Å². The van der Waals surface area contributed by atoms with Crippen LogP contribution in [0.4, 0.5) is 5.95 Å². The molecule has 2 heterocycles. The molecule has 2 rings (SSSR count). The van der Waals surface area contributed by atoms with Crippen molar-refractivity contribution >= 4 is 18.4 Å². The van der Waals surface area contributed by atoms with Gasteiger partial charge in [-0.25, -0.2) is 9.97 Å². The Hall–Kier alpha value is -0.870. The molecule has 0 bridgehead atoms. The van der Waals surface area contributed by atoms with Crippen molar-refractivity contribution in [1.29, 1.82) is 0 Å². The highest BCUT2D eigenvalue weighted by molar-refractivity contribution is 5.85. The first-order chi connectivity index (χ1) is 6.36. The molecule has 5 heteroatoms. The number of hydrogen-bond acceptors (Lipinski definition) is 4. The second-order valence-electron chi connectivity index (χ2n) is 3.38. The first-order valence-electron chi connectivity index (χ1n) is 4.65. The zero-order valence-electron chi connectivity index (χ0n) is 7.94. The molecule has 0 aromatic carbocycles. The van der Waals surface area contributed by atoms with Crippen molar-refractivity contribution in [2.75, 3.05) is 18.8 Å². The van der Waals surface area contributed by atoms with Crippen LogP contribution in [-0.4, -0.2) is 23.1 Å². The Bertz CT molecular complexity index is 286. The molecule has 78 valence electrons. The van der Waals surface area contributed by atoms with Gasteiger partial charge in [-0.05, 0) is 25.5 Å². The fourth-order valence-electron chi connectivity index (χ4n) is 1.72. The van der Waals surface area contributed by atoms with E-state index in [1.54, 1.807) is 6.20 Å². The molecule has 0 radical (unpaired) electrons. The van der Waals surface area contributed by atoms with E-state index < -0.39 is 0 Å². The molecule has 0 saturated carbocycles. The van der Waals surface area contributed by atoms with E-state index in [1.165, 1.54) is 12.8 Å². The van der Waals surface area contributed by atoms with Crippen molar-refractivity contribution in [1.82, 2.24) is 15.3 Å². The van der Waals surface area contributed by atoms with Crippen LogP contribution in [0, 0.1) is 0 Å². The molecule has 3 N–H and O–H groups in total. The number of rotatable bonds is 1. The lowest BCUT2D eigenvalue weighted by atomic mass is 9.96. The van der Waals surface area contributed by atoms with Crippen LogP contribution in [0.2, 0.25) is 0 Å².